The Hall–Kier alpha value is -3.06. The lowest BCUT2D eigenvalue weighted by Crippen LogP contribution is -2.34. The van der Waals surface area contributed by atoms with Crippen LogP contribution in [0.2, 0.25) is 0 Å². The third-order valence-electron chi connectivity index (χ3n) is 5.18. The highest BCUT2D eigenvalue weighted by molar-refractivity contribution is 5.72. The second-order valence-electron chi connectivity index (χ2n) is 7.20. The Morgan fingerprint density at radius 3 is 2.93 bits per heavy atom. The Balaban J connectivity index is 1.30. The SMILES string of the molecule is Fc1ccc2nc(CN3CCC[C@H](c4nc(-c5ccccc5)n[nH]4)C3)oc2c1. The summed E-state index contributed by atoms with van der Waals surface area (Å²) >= 11 is 0. The highest BCUT2D eigenvalue weighted by Crippen LogP contribution is 2.27. The summed E-state index contributed by atoms with van der Waals surface area (Å²) in [6, 6.07) is 14.4. The van der Waals surface area contributed by atoms with E-state index in [0.29, 0.717) is 29.5 Å². The van der Waals surface area contributed by atoms with E-state index in [-0.39, 0.29) is 5.82 Å². The van der Waals surface area contributed by atoms with Crippen LogP contribution in [-0.2, 0) is 6.54 Å². The molecule has 0 unspecified atom stereocenters. The molecule has 1 aliphatic heterocycles. The van der Waals surface area contributed by atoms with Crippen molar-refractivity contribution in [3.63, 3.8) is 0 Å². The van der Waals surface area contributed by atoms with Gasteiger partial charge in [0, 0.05) is 24.1 Å². The third kappa shape index (κ3) is 3.41. The Morgan fingerprint density at radius 2 is 2.04 bits per heavy atom. The number of nitrogens with zero attached hydrogens (tertiary/aromatic N) is 4. The van der Waals surface area contributed by atoms with Crippen molar-refractivity contribution in [2.45, 2.75) is 25.3 Å². The first-order valence-electron chi connectivity index (χ1n) is 9.49. The van der Waals surface area contributed by atoms with Crippen LogP contribution in [0.3, 0.4) is 0 Å². The number of hydrogen-bond acceptors (Lipinski definition) is 5. The van der Waals surface area contributed by atoms with Crippen molar-refractivity contribution in [3.8, 4) is 11.4 Å². The number of likely N-dealkylation sites (tertiary alicyclic amines) is 1. The molecule has 6 nitrogen and oxygen atoms in total. The van der Waals surface area contributed by atoms with Gasteiger partial charge in [-0.3, -0.25) is 10.00 Å². The second-order valence-corrected chi connectivity index (χ2v) is 7.20. The molecule has 28 heavy (non-hydrogen) atoms. The summed E-state index contributed by atoms with van der Waals surface area (Å²) in [6.07, 6.45) is 2.14. The van der Waals surface area contributed by atoms with Crippen molar-refractivity contribution in [1.82, 2.24) is 25.1 Å². The number of oxazole rings is 1. The maximum atomic E-state index is 13.4. The van der Waals surface area contributed by atoms with Crippen molar-refractivity contribution in [2.24, 2.45) is 0 Å². The van der Waals surface area contributed by atoms with Crippen LogP contribution in [-0.4, -0.2) is 38.2 Å². The van der Waals surface area contributed by atoms with E-state index in [1.165, 1.54) is 12.1 Å². The van der Waals surface area contributed by atoms with Gasteiger partial charge in [-0.25, -0.2) is 14.4 Å². The first kappa shape index (κ1) is 17.1. The standard InChI is InChI=1S/C21H20FN5O/c22-16-8-9-17-18(11-16)28-19(23-17)13-27-10-4-7-15(12-27)21-24-20(25-26-21)14-5-2-1-3-6-14/h1-3,5-6,8-9,11,15H,4,7,10,12-13H2,(H,24,25,26)/t15-/m0/s1. The van der Waals surface area contributed by atoms with E-state index in [9.17, 15) is 4.39 Å². The molecule has 5 rings (SSSR count). The number of benzene rings is 2. The zero-order chi connectivity index (χ0) is 18.9. The van der Waals surface area contributed by atoms with E-state index in [4.69, 9.17) is 9.40 Å². The molecule has 1 N–H and O–H groups in total. The van der Waals surface area contributed by atoms with Crippen molar-refractivity contribution >= 4 is 11.1 Å². The Kier molecular flexibility index (Phi) is 4.37. The molecule has 1 saturated heterocycles. The molecule has 3 heterocycles. The summed E-state index contributed by atoms with van der Waals surface area (Å²) in [5.41, 5.74) is 2.19. The molecule has 0 spiro atoms. The topological polar surface area (TPSA) is 70.8 Å². The molecular formula is C21H20FN5O. The maximum absolute atomic E-state index is 13.4. The van der Waals surface area contributed by atoms with Gasteiger partial charge in [0.15, 0.2) is 11.4 Å². The van der Waals surface area contributed by atoms with Gasteiger partial charge in [-0.2, -0.15) is 5.10 Å². The van der Waals surface area contributed by atoms with Gasteiger partial charge < -0.3 is 4.42 Å². The lowest BCUT2D eigenvalue weighted by molar-refractivity contribution is 0.182. The molecule has 2 aromatic heterocycles. The maximum Gasteiger partial charge on any atom is 0.209 e. The van der Waals surface area contributed by atoms with E-state index in [1.807, 2.05) is 30.3 Å². The molecular weight excluding hydrogens is 357 g/mol. The Morgan fingerprint density at radius 1 is 1.14 bits per heavy atom. The number of piperidine rings is 1. The highest BCUT2D eigenvalue weighted by Gasteiger charge is 2.25. The first-order chi connectivity index (χ1) is 13.7. The molecule has 1 atom stereocenters. The highest BCUT2D eigenvalue weighted by atomic mass is 19.1. The van der Waals surface area contributed by atoms with Crippen LogP contribution in [0.5, 0.6) is 0 Å². The van der Waals surface area contributed by atoms with Crippen LogP contribution in [0.1, 0.15) is 30.5 Å². The fourth-order valence-electron chi connectivity index (χ4n) is 3.80. The van der Waals surface area contributed by atoms with E-state index in [0.717, 1.165) is 43.1 Å². The summed E-state index contributed by atoms with van der Waals surface area (Å²) < 4.78 is 19.1. The monoisotopic (exact) mass is 377 g/mol. The van der Waals surface area contributed by atoms with E-state index in [2.05, 4.69) is 20.1 Å². The molecule has 142 valence electrons. The van der Waals surface area contributed by atoms with Crippen molar-refractivity contribution in [2.75, 3.05) is 13.1 Å². The molecule has 0 amide bonds. The van der Waals surface area contributed by atoms with Gasteiger partial charge in [0.2, 0.25) is 5.89 Å². The van der Waals surface area contributed by atoms with Gasteiger partial charge in [0.05, 0.1) is 6.54 Å². The average molecular weight is 377 g/mol. The van der Waals surface area contributed by atoms with Crippen molar-refractivity contribution in [1.29, 1.82) is 0 Å². The van der Waals surface area contributed by atoms with Crippen LogP contribution in [0, 0.1) is 5.82 Å². The third-order valence-corrected chi connectivity index (χ3v) is 5.18. The number of halogens is 1. The predicted molar refractivity (Wildman–Crippen MR) is 103 cm³/mol. The van der Waals surface area contributed by atoms with Crippen LogP contribution in [0.25, 0.3) is 22.5 Å². The van der Waals surface area contributed by atoms with Gasteiger partial charge in [0.1, 0.15) is 17.2 Å². The summed E-state index contributed by atoms with van der Waals surface area (Å²) in [4.78, 5) is 11.5. The number of aromatic nitrogens is 4. The summed E-state index contributed by atoms with van der Waals surface area (Å²) in [5, 5.41) is 7.50. The molecule has 2 aromatic carbocycles. The molecule has 1 aliphatic rings. The lowest BCUT2D eigenvalue weighted by Gasteiger charge is -2.30. The fourth-order valence-corrected chi connectivity index (χ4v) is 3.80. The lowest BCUT2D eigenvalue weighted by atomic mass is 9.97. The number of fused-ring (bicyclic) bond motifs is 1. The van der Waals surface area contributed by atoms with Gasteiger partial charge in [0.25, 0.3) is 0 Å². The summed E-state index contributed by atoms with van der Waals surface area (Å²) in [7, 11) is 0. The van der Waals surface area contributed by atoms with Crippen LogP contribution >= 0.6 is 0 Å². The predicted octanol–water partition coefficient (Wildman–Crippen LogP) is 4.13. The molecule has 0 radical (unpaired) electrons. The van der Waals surface area contributed by atoms with Gasteiger partial charge in [-0.1, -0.05) is 30.3 Å². The van der Waals surface area contributed by atoms with Crippen LogP contribution in [0.4, 0.5) is 4.39 Å². The molecule has 0 bridgehead atoms. The minimum atomic E-state index is -0.312. The van der Waals surface area contributed by atoms with Crippen LogP contribution in [0.15, 0.2) is 52.9 Å². The van der Waals surface area contributed by atoms with Crippen molar-refractivity contribution in [3.05, 3.63) is 66.1 Å². The summed E-state index contributed by atoms with van der Waals surface area (Å²) in [5.74, 6) is 2.24. The Bertz CT molecular complexity index is 1090. The number of rotatable bonds is 4. The first-order valence-corrected chi connectivity index (χ1v) is 9.49. The smallest absolute Gasteiger partial charge is 0.209 e. The number of hydrogen-bond donors (Lipinski definition) is 1. The second kappa shape index (κ2) is 7.16. The average Bonchev–Trinajstić information content (AvgIpc) is 3.35. The zero-order valence-corrected chi connectivity index (χ0v) is 15.3. The minimum Gasteiger partial charge on any atom is -0.439 e. The zero-order valence-electron chi connectivity index (χ0n) is 15.3. The molecule has 4 aromatic rings. The number of nitrogens with one attached hydrogen (secondary N) is 1. The van der Waals surface area contributed by atoms with Gasteiger partial charge in [-0.05, 0) is 31.5 Å². The normalized spacial score (nSPS) is 18.0. The molecule has 0 saturated carbocycles. The number of aromatic amines is 1. The number of H-pyrrole nitrogens is 1. The van der Waals surface area contributed by atoms with Crippen molar-refractivity contribution < 1.29 is 8.81 Å². The van der Waals surface area contributed by atoms with E-state index < -0.39 is 0 Å². The van der Waals surface area contributed by atoms with Gasteiger partial charge in [-0.15, -0.1) is 0 Å². The van der Waals surface area contributed by atoms with Gasteiger partial charge >= 0.3 is 0 Å². The largest absolute Gasteiger partial charge is 0.439 e. The van der Waals surface area contributed by atoms with E-state index >= 15 is 0 Å². The fraction of sp³-hybridized carbons (Fsp3) is 0.286. The minimum absolute atomic E-state index is 0.292. The molecule has 7 heteroatoms. The van der Waals surface area contributed by atoms with E-state index in [1.54, 1.807) is 6.07 Å². The molecule has 0 aliphatic carbocycles. The summed E-state index contributed by atoms with van der Waals surface area (Å²) in [6.45, 7) is 2.44. The van der Waals surface area contributed by atoms with Crippen LogP contribution < -0.4 is 0 Å². The Labute approximate surface area is 161 Å². The quantitative estimate of drug-likeness (QED) is 0.579. The molecule has 1 fully saturated rings.